The third-order valence-electron chi connectivity index (χ3n) is 7.45. The summed E-state index contributed by atoms with van der Waals surface area (Å²) >= 11 is 0. The van der Waals surface area contributed by atoms with Crippen LogP contribution in [-0.2, 0) is 39.9 Å². The average molecular weight is 526 g/mol. The number of anilines is 1. The van der Waals surface area contributed by atoms with Gasteiger partial charge in [-0.15, -0.1) is 0 Å². The Balaban J connectivity index is 1.03. The minimum Gasteiger partial charge on any atom is -0.379 e. The van der Waals surface area contributed by atoms with Crippen LogP contribution in [0.3, 0.4) is 0 Å². The summed E-state index contributed by atoms with van der Waals surface area (Å²) in [5.41, 5.74) is 0.978. The van der Waals surface area contributed by atoms with E-state index in [0.717, 1.165) is 12.0 Å². The van der Waals surface area contributed by atoms with Gasteiger partial charge in [0.05, 0.1) is 44.8 Å². The number of carbonyl (C=O) groups excluding carboxylic acids is 5. The summed E-state index contributed by atoms with van der Waals surface area (Å²) in [6.45, 7) is 3.71. The molecule has 2 heterocycles. The first kappa shape index (κ1) is 27.7. The minimum absolute atomic E-state index is 0.109. The van der Waals surface area contributed by atoms with Crippen LogP contribution < -0.4 is 5.32 Å². The Kier molecular flexibility index (Phi) is 9.06. The first-order chi connectivity index (χ1) is 18.3. The van der Waals surface area contributed by atoms with E-state index >= 15 is 0 Å². The fourth-order valence-corrected chi connectivity index (χ4v) is 4.75. The summed E-state index contributed by atoms with van der Waals surface area (Å²) in [6.07, 6.45) is 6.57. The Bertz CT molecular complexity index is 1100. The van der Waals surface area contributed by atoms with Crippen molar-refractivity contribution >= 4 is 35.2 Å². The second kappa shape index (κ2) is 12.4. The fourth-order valence-electron chi connectivity index (χ4n) is 4.75. The van der Waals surface area contributed by atoms with Crippen LogP contribution in [0.5, 0.6) is 0 Å². The van der Waals surface area contributed by atoms with Crippen LogP contribution in [0.1, 0.15) is 44.6 Å². The Labute approximate surface area is 222 Å². The van der Waals surface area contributed by atoms with E-state index < -0.39 is 5.41 Å². The molecule has 0 spiro atoms. The first-order valence-corrected chi connectivity index (χ1v) is 13.2. The Morgan fingerprint density at radius 2 is 1.71 bits per heavy atom. The van der Waals surface area contributed by atoms with E-state index in [0.29, 0.717) is 38.3 Å². The fraction of sp³-hybridized carbons (Fsp3) is 0.536. The van der Waals surface area contributed by atoms with Crippen LogP contribution in [0.2, 0.25) is 0 Å². The quantitative estimate of drug-likeness (QED) is 0.171. The van der Waals surface area contributed by atoms with Crippen molar-refractivity contribution in [2.45, 2.75) is 45.4 Å². The number of carbonyl (C=O) groups is 5. The molecule has 38 heavy (non-hydrogen) atoms. The molecule has 1 aliphatic carbocycles. The highest BCUT2D eigenvalue weighted by Gasteiger charge is 2.52. The lowest BCUT2D eigenvalue weighted by Gasteiger charge is -2.33. The first-order valence-electron chi connectivity index (χ1n) is 13.2. The maximum Gasteiger partial charge on any atom is 0.236 e. The maximum absolute atomic E-state index is 12.7. The lowest BCUT2D eigenvalue weighted by molar-refractivity contribution is -0.152. The molecule has 0 bridgehead atoms. The summed E-state index contributed by atoms with van der Waals surface area (Å²) < 4.78 is 11.0. The Hall–Kier alpha value is -3.37. The van der Waals surface area contributed by atoms with Gasteiger partial charge in [-0.3, -0.25) is 33.8 Å². The average Bonchev–Trinajstić information content (AvgIpc) is 3.05. The Morgan fingerprint density at radius 1 is 1.00 bits per heavy atom. The highest BCUT2D eigenvalue weighted by molar-refractivity contribution is 6.06. The number of nitrogens with zero attached hydrogens (tertiary/aromatic N) is 2. The van der Waals surface area contributed by atoms with E-state index in [4.69, 9.17) is 9.47 Å². The second-order valence-corrected chi connectivity index (χ2v) is 10.1. The third kappa shape index (κ3) is 6.54. The molecule has 10 nitrogen and oxygen atoms in total. The van der Waals surface area contributed by atoms with E-state index in [-0.39, 0.29) is 74.5 Å². The van der Waals surface area contributed by atoms with E-state index in [1.165, 1.54) is 9.80 Å². The molecule has 4 rings (SSSR count). The normalized spacial score (nSPS) is 22.4. The summed E-state index contributed by atoms with van der Waals surface area (Å²) in [5.74, 6) is -0.561. The molecule has 1 N–H and O–H groups in total. The maximum atomic E-state index is 12.7. The van der Waals surface area contributed by atoms with Gasteiger partial charge in [-0.05, 0) is 43.4 Å². The van der Waals surface area contributed by atoms with Crippen molar-refractivity contribution in [3.63, 3.8) is 0 Å². The lowest BCUT2D eigenvalue weighted by atomic mass is 9.70. The molecule has 204 valence electrons. The second-order valence-electron chi connectivity index (χ2n) is 10.1. The number of aryl methyl sites for hydroxylation is 1. The van der Waals surface area contributed by atoms with Gasteiger partial charge in [0, 0.05) is 31.5 Å². The zero-order valence-corrected chi connectivity index (χ0v) is 21.8. The number of hydrogen-bond acceptors (Lipinski definition) is 7. The number of benzene rings is 1. The number of imide groups is 2. The third-order valence-corrected chi connectivity index (χ3v) is 7.45. The van der Waals surface area contributed by atoms with Gasteiger partial charge in [0.1, 0.15) is 0 Å². The van der Waals surface area contributed by atoms with Crippen LogP contribution in [0.25, 0.3) is 0 Å². The van der Waals surface area contributed by atoms with E-state index in [9.17, 15) is 24.0 Å². The topological polar surface area (TPSA) is 122 Å². The molecule has 0 aromatic heterocycles. The van der Waals surface area contributed by atoms with Crippen molar-refractivity contribution in [1.29, 1.82) is 0 Å². The molecule has 2 unspecified atom stereocenters. The van der Waals surface area contributed by atoms with Crippen molar-refractivity contribution in [1.82, 2.24) is 9.80 Å². The van der Waals surface area contributed by atoms with Gasteiger partial charge >= 0.3 is 0 Å². The number of allylic oxidation sites excluding steroid dienone is 2. The zero-order chi connectivity index (χ0) is 27.1. The number of ether oxygens (including phenoxy) is 2. The Morgan fingerprint density at radius 3 is 2.32 bits per heavy atom. The lowest BCUT2D eigenvalue weighted by Crippen LogP contribution is -2.47. The van der Waals surface area contributed by atoms with Gasteiger partial charge in [0.15, 0.2) is 0 Å². The number of nitrogens with one attached hydrogen (secondary N) is 1. The number of amides is 5. The standard InChI is InChI=1S/C28H35N3O7/c1-28(21-3-2-4-21)19-26(35)31(27(28)36)14-16-38-18-17-37-15-12-23(32)29-22-8-5-20(6-9-22)7-10-24(33)30-13-11-25(30)34/h2-3,5-6,8-9,21H,4,7,10-19H2,1H3,(H,29,32). The predicted octanol–water partition coefficient (Wildman–Crippen LogP) is 2.08. The van der Waals surface area contributed by atoms with Crippen molar-refractivity contribution in [2.24, 2.45) is 11.3 Å². The van der Waals surface area contributed by atoms with Crippen LogP contribution >= 0.6 is 0 Å². The van der Waals surface area contributed by atoms with Crippen molar-refractivity contribution in [3.05, 3.63) is 42.0 Å². The molecular formula is C28H35N3O7. The summed E-state index contributed by atoms with van der Waals surface area (Å²) in [4.78, 5) is 63.0. The van der Waals surface area contributed by atoms with Gasteiger partial charge in [-0.1, -0.05) is 24.3 Å². The minimum atomic E-state index is -0.631. The molecule has 2 aliphatic heterocycles. The monoisotopic (exact) mass is 525 g/mol. The molecule has 2 fully saturated rings. The predicted molar refractivity (Wildman–Crippen MR) is 138 cm³/mol. The summed E-state index contributed by atoms with van der Waals surface area (Å²) in [6, 6.07) is 7.26. The van der Waals surface area contributed by atoms with E-state index in [1.54, 1.807) is 12.1 Å². The van der Waals surface area contributed by atoms with Crippen LogP contribution in [0, 0.1) is 11.3 Å². The largest absolute Gasteiger partial charge is 0.379 e. The zero-order valence-electron chi connectivity index (χ0n) is 21.8. The number of rotatable bonds is 14. The SMILES string of the molecule is CC1(C2C=CC2)CC(=O)N(CCOCCOCCC(=O)Nc2ccc(CCC(=O)N3CCC3=O)cc2)C1=O. The number of β-lactam (4-membered cyclic amide) rings is 1. The van der Waals surface area contributed by atoms with Gasteiger partial charge in [0.25, 0.3) is 0 Å². The molecule has 0 radical (unpaired) electrons. The molecule has 2 saturated heterocycles. The molecule has 1 aromatic rings. The van der Waals surface area contributed by atoms with E-state index in [2.05, 4.69) is 5.32 Å². The number of likely N-dealkylation sites (tertiary alicyclic amines) is 2. The summed E-state index contributed by atoms with van der Waals surface area (Å²) in [7, 11) is 0. The molecule has 5 amide bonds. The number of hydrogen-bond donors (Lipinski definition) is 1. The van der Waals surface area contributed by atoms with E-state index in [1.807, 2.05) is 31.2 Å². The summed E-state index contributed by atoms with van der Waals surface area (Å²) in [5, 5.41) is 2.81. The van der Waals surface area contributed by atoms with Gasteiger partial charge < -0.3 is 14.8 Å². The highest BCUT2D eigenvalue weighted by Crippen LogP contribution is 2.45. The molecule has 2 atom stereocenters. The molecular weight excluding hydrogens is 490 g/mol. The smallest absolute Gasteiger partial charge is 0.236 e. The highest BCUT2D eigenvalue weighted by atomic mass is 16.5. The van der Waals surface area contributed by atoms with Crippen molar-refractivity contribution in [3.8, 4) is 0 Å². The molecule has 3 aliphatic rings. The molecule has 0 saturated carbocycles. The molecule has 1 aromatic carbocycles. The molecule has 10 heteroatoms. The van der Waals surface area contributed by atoms with Crippen molar-refractivity contribution in [2.75, 3.05) is 44.8 Å². The van der Waals surface area contributed by atoms with Gasteiger partial charge in [-0.2, -0.15) is 0 Å². The van der Waals surface area contributed by atoms with Crippen molar-refractivity contribution < 1.29 is 33.4 Å². The van der Waals surface area contributed by atoms with Gasteiger partial charge in [-0.25, -0.2) is 0 Å². The van der Waals surface area contributed by atoms with Gasteiger partial charge in [0.2, 0.25) is 29.5 Å². The van der Waals surface area contributed by atoms with Crippen LogP contribution in [0.15, 0.2) is 36.4 Å². The van der Waals surface area contributed by atoms with Crippen LogP contribution in [-0.4, -0.2) is 78.9 Å². The van der Waals surface area contributed by atoms with Crippen LogP contribution in [0.4, 0.5) is 5.69 Å².